The van der Waals surface area contributed by atoms with Crippen LogP contribution in [-0.4, -0.2) is 11.8 Å². The average Bonchev–Trinajstić information content (AvgIpc) is 1.25. The fourth-order valence-corrected chi connectivity index (χ4v) is 0. The fourth-order valence-electron chi connectivity index (χ4n) is 0. The Morgan fingerprint density at radius 3 is 1.50 bits per heavy atom. The van der Waals surface area contributed by atoms with E-state index in [1.54, 1.807) is 6.66 Å². The molecule has 1 unspecified atom stereocenters. The van der Waals surface area contributed by atoms with Gasteiger partial charge in [-0.2, -0.15) is 0 Å². The molecule has 0 radical (unpaired) electrons. The van der Waals surface area contributed by atoms with Crippen LogP contribution in [0.5, 0.6) is 0 Å². The molecule has 0 aliphatic rings. The lowest BCUT2D eigenvalue weighted by Crippen LogP contribution is -2.18. The van der Waals surface area contributed by atoms with E-state index in [0.29, 0.717) is 0 Å². The molecule has 0 saturated heterocycles. The molecule has 3 heteroatoms. The highest BCUT2D eigenvalue weighted by Crippen LogP contribution is 2.46. The Kier molecular flexibility index (Phi) is 1.90. The molecule has 0 amide bonds. The minimum atomic E-state index is -2.35. The molecule has 2 N–H and O–H groups in total. The Morgan fingerprint density at radius 1 is 1.38 bits per heavy atom. The number of hydrogen-bond acceptors (Lipinski definition) is 1. The standard InChI is InChI=1S/C5H14NOP/c1-5(2,3)8(4,6)7/h1-4H3,(H2,6,7). The molecule has 0 aromatic heterocycles. The summed E-state index contributed by atoms with van der Waals surface area (Å²) in [7, 11) is -2.35. The van der Waals surface area contributed by atoms with E-state index in [1.165, 1.54) is 0 Å². The van der Waals surface area contributed by atoms with E-state index in [9.17, 15) is 4.57 Å². The highest BCUT2D eigenvalue weighted by atomic mass is 31.2. The van der Waals surface area contributed by atoms with Crippen LogP contribution in [0.3, 0.4) is 0 Å². The molecule has 2 nitrogen and oxygen atoms in total. The van der Waals surface area contributed by atoms with Crippen molar-refractivity contribution in [2.45, 2.75) is 25.9 Å². The molecular weight excluding hydrogens is 121 g/mol. The van der Waals surface area contributed by atoms with Crippen molar-refractivity contribution in [1.82, 2.24) is 0 Å². The summed E-state index contributed by atoms with van der Waals surface area (Å²) in [6.45, 7) is 7.25. The quantitative estimate of drug-likeness (QED) is 0.513. The Labute approximate surface area is 50.9 Å². The van der Waals surface area contributed by atoms with Gasteiger partial charge in [-0.1, -0.05) is 20.8 Å². The number of nitrogens with two attached hydrogens (primary N) is 1. The van der Waals surface area contributed by atoms with Crippen LogP contribution < -0.4 is 5.50 Å². The third-order valence-corrected chi connectivity index (χ3v) is 4.00. The Balaban J connectivity index is 4.26. The predicted molar refractivity (Wildman–Crippen MR) is 37.5 cm³/mol. The van der Waals surface area contributed by atoms with Crippen LogP contribution in [0, 0.1) is 0 Å². The molecule has 1 atom stereocenters. The van der Waals surface area contributed by atoms with Crippen LogP contribution in [0.25, 0.3) is 0 Å². The van der Waals surface area contributed by atoms with E-state index < -0.39 is 7.29 Å². The molecule has 0 rings (SSSR count). The van der Waals surface area contributed by atoms with Crippen LogP contribution in [-0.2, 0) is 4.57 Å². The van der Waals surface area contributed by atoms with E-state index >= 15 is 0 Å². The van der Waals surface area contributed by atoms with Gasteiger partial charge in [-0.3, -0.25) is 5.50 Å². The Morgan fingerprint density at radius 2 is 1.50 bits per heavy atom. The van der Waals surface area contributed by atoms with Crippen molar-refractivity contribution in [2.24, 2.45) is 5.50 Å². The summed E-state index contributed by atoms with van der Waals surface area (Å²) in [5.41, 5.74) is 5.37. The zero-order valence-corrected chi connectivity index (χ0v) is 6.83. The van der Waals surface area contributed by atoms with Gasteiger partial charge in [0.2, 0.25) is 0 Å². The van der Waals surface area contributed by atoms with Crippen molar-refractivity contribution in [3.63, 3.8) is 0 Å². The summed E-state index contributed by atoms with van der Waals surface area (Å²) in [6.07, 6.45) is 0. The Hall–Kier alpha value is 0.190. The van der Waals surface area contributed by atoms with Crippen molar-refractivity contribution >= 4 is 7.29 Å². The van der Waals surface area contributed by atoms with Crippen molar-refractivity contribution < 1.29 is 4.57 Å². The lowest BCUT2D eigenvalue weighted by Gasteiger charge is -2.22. The van der Waals surface area contributed by atoms with Crippen LogP contribution in [0.4, 0.5) is 0 Å². The summed E-state index contributed by atoms with van der Waals surface area (Å²) in [5.74, 6) is 0. The maximum atomic E-state index is 11.0. The molecule has 8 heavy (non-hydrogen) atoms. The third kappa shape index (κ3) is 1.97. The topological polar surface area (TPSA) is 43.1 Å². The zero-order chi connectivity index (χ0) is 7.00. The predicted octanol–water partition coefficient (Wildman–Crippen LogP) is 1.65. The first kappa shape index (κ1) is 8.19. The van der Waals surface area contributed by atoms with E-state index in [-0.39, 0.29) is 5.16 Å². The van der Waals surface area contributed by atoms with Crippen molar-refractivity contribution in [1.29, 1.82) is 0 Å². The van der Waals surface area contributed by atoms with Crippen molar-refractivity contribution in [3.8, 4) is 0 Å². The van der Waals surface area contributed by atoms with Crippen LogP contribution in [0.15, 0.2) is 0 Å². The van der Waals surface area contributed by atoms with Crippen LogP contribution >= 0.6 is 7.29 Å². The summed E-state index contributed by atoms with van der Waals surface area (Å²) in [6, 6.07) is 0. The molecule has 0 saturated carbocycles. The van der Waals surface area contributed by atoms with Gasteiger partial charge in [-0.25, -0.2) is 0 Å². The van der Waals surface area contributed by atoms with Gasteiger partial charge in [0.25, 0.3) is 0 Å². The second kappa shape index (κ2) is 1.85. The number of hydrogen-bond donors (Lipinski definition) is 1. The van der Waals surface area contributed by atoms with Gasteiger partial charge in [0.1, 0.15) is 7.29 Å². The molecule has 0 heterocycles. The third-order valence-electron chi connectivity index (χ3n) is 1.33. The first-order valence-electron chi connectivity index (χ1n) is 2.61. The first-order valence-corrected chi connectivity index (χ1v) is 4.83. The molecule has 0 aliphatic carbocycles. The first-order chi connectivity index (χ1) is 3.25. The van der Waals surface area contributed by atoms with Gasteiger partial charge in [0, 0.05) is 11.8 Å². The smallest absolute Gasteiger partial charge is 0.147 e. The summed E-state index contributed by atoms with van der Waals surface area (Å²) < 4.78 is 11.0. The molecule has 0 aliphatic heterocycles. The molecule has 0 aromatic carbocycles. The molecule has 0 fully saturated rings. The van der Waals surface area contributed by atoms with E-state index in [2.05, 4.69) is 0 Å². The minimum absolute atomic E-state index is 0.229. The molecule has 0 bridgehead atoms. The highest BCUT2D eigenvalue weighted by molar-refractivity contribution is 7.62. The van der Waals surface area contributed by atoms with E-state index in [1.807, 2.05) is 20.8 Å². The summed E-state index contributed by atoms with van der Waals surface area (Å²) in [4.78, 5) is 0. The fraction of sp³-hybridized carbons (Fsp3) is 1.00. The molecule has 0 aromatic rings. The lowest BCUT2D eigenvalue weighted by atomic mass is 10.3. The zero-order valence-electron chi connectivity index (χ0n) is 5.93. The van der Waals surface area contributed by atoms with Gasteiger partial charge in [-0.05, 0) is 0 Å². The van der Waals surface area contributed by atoms with Gasteiger partial charge < -0.3 is 4.57 Å². The summed E-state index contributed by atoms with van der Waals surface area (Å²) in [5, 5.41) is -0.229. The molecule has 50 valence electrons. The SMILES string of the molecule is CC(C)(C)P(C)(N)=O. The summed E-state index contributed by atoms with van der Waals surface area (Å²) >= 11 is 0. The van der Waals surface area contributed by atoms with Gasteiger partial charge in [0.05, 0.1) is 0 Å². The van der Waals surface area contributed by atoms with Crippen LogP contribution in [0.1, 0.15) is 20.8 Å². The largest absolute Gasteiger partial charge is 0.307 e. The van der Waals surface area contributed by atoms with E-state index in [0.717, 1.165) is 0 Å². The average molecular weight is 135 g/mol. The van der Waals surface area contributed by atoms with Gasteiger partial charge in [0.15, 0.2) is 0 Å². The lowest BCUT2D eigenvalue weighted by molar-refractivity contribution is 0.554. The van der Waals surface area contributed by atoms with Gasteiger partial charge >= 0.3 is 0 Å². The normalized spacial score (nSPS) is 20.1. The van der Waals surface area contributed by atoms with E-state index in [4.69, 9.17) is 5.50 Å². The maximum Gasteiger partial charge on any atom is 0.147 e. The van der Waals surface area contributed by atoms with Crippen LogP contribution in [0.2, 0.25) is 0 Å². The second-order valence-corrected chi connectivity index (χ2v) is 6.48. The van der Waals surface area contributed by atoms with Gasteiger partial charge in [-0.15, -0.1) is 0 Å². The monoisotopic (exact) mass is 135 g/mol. The highest BCUT2D eigenvalue weighted by Gasteiger charge is 2.26. The Bertz CT molecular complexity index is 119. The molecular formula is C5H14NOP. The second-order valence-electron chi connectivity index (χ2n) is 3.16. The number of rotatable bonds is 0. The van der Waals surface area contributed by atoms with Crippen molar-refractivity contribution in [3.05, 3.63) is 0 Å². The van der Waals surface area contributed by atoms with Crippen molar-refractivity contribution in [2.75, 3.05) is 6.66 Å². The molecule has 0 spiro atoms. The maximum absolute atomic E-state index is 11.0. The minimum Gasteiger partial charge on any atom is -0.307 e.